The number of rotatable bonds is 5. The Balaban J connectivity index is 1.55. The summed E-state index contributed by atoms with van der Waals surface area (Å²) < 4.78 is 7.09. The molecule has 0 aliphatic rings. The lowest BCUT2D eigenvalue weighted by molar-refractivity contribution is 0.101. The number of fused-ring (bicyclic) bond motifs is 1. The smallest absolute Gasteiger partial charge is 0.347 e. The molecule has 0 fully saturated rings. The van der Waals surface area contributed by atoms with Crippen molar-refractivity contribution >= 4 is 28.5 Å². The highest BCUT2D eigenvalue weighted by molar-refractivity contribution is 7.99. The fraction of sp³-hybridized carbons (Fsp3) is 0.143. The SMILES string of the molecule is Cc1cccc(-c2nnc(SCC(=O)c3cc4ccccc4oc3=O)n2C)c1. The summed E-state index contributed by atoms with van der Waals surface area (Å²) in [7, 11) is 1.86. The van der Waals surface area contributed by atoms with E-state index in [0.29, 0.717) is 10.7 Å². The van der Waals surface area contributed by atoms with Gasteiger partial charge in [0.1, 0.15) is 11.1 Å². The number of benzene rings is 2. The highest BCUT2D eigenvalue weighted by Crippen LogP contribution is 2.24. The van der Waals surface area contributed by atoms with E-state index in [1.807, 2.05) is 48.9 Å². The van der Waals surface area contributed by atoms with E-state index >= 15 is 0 Å². The Morgan fingerprint density at radius 2 is 1.93 bits per heavy atom. The summed E-state index contributed by atoms with van der Waals surface area (Å²) in [5.74, 6) is 0.497. The second-order valence-corrected chi connectivity index (χ2v) is 7.37. The lowest BCUT2D eigenvalue weighted by atomic mass is 10.1. The Labute approximate surface area is 165 Å². The van der Waals surface area contributed by atoms with Crippen LogP contribution in [0.1, 0.15) is 15.9 Å². The molecule has 140 valence electrons. The van der Waals surface area contributed by atoms with E-state index in [1.165, 1.54) is 11.8 Å². The Kier molecular flexibility index (Phi) is 4.83. The van der Waals surface area contributed by atoms with Gasteiger partial charge in [-0.1, -0.05) is 53.7 Å². The summed E-state index contributed by atoms with van der Waals surface area (Å²) in [6, 6.07) is 16.7. The number of thioether (sulfide) groups is 1. The standard InChI is InChI=1S/C21H17N3O3S/c1-13-6-5-8-15(10-13)19-22-23-21(24(19)2)28-12-17(25)16-11-14-7-3-4-9-18(14)27-20(16)26/h3-11H,12H2,1-2H3. The van der Waals surface area contributed by atoms with Crippen LogP contribution in [0, 0.1) is 6.92 Å². The molecule has 4 aromatic rings. The highest BCUT2D eigenvalue weighted by Gasteiger charge is 2.17. The van der Waals surface area contributed by atoms with E-state index in [2.05, 4.69) is 10.2 Å². The topological polar surface area (TPSA) is 78.0 Å². The lowest BCUT2D eigenvalue weighted by Gasteiger charge is -2.05. The van der Waals surface area contributed by atoms with Gasteiger partial charge in [-0.15, -0.1) is 10.2 Å². The van der Waals surface area contributed by atoms with Crippen molar-refractivity contribution in [3.63, 3.8) is 0 Å². The molecule has 0 aliphatic carbocycles. The molecule has 7 heteroatoms. The Hall–Kier alpha value is -3.19. The molecule has 0 amide bonds. The third-order valence-corrected chi connectivity index (χ3v) is 5.41. The van der Waals surface area contributed by atoms with Crippen LogP contribution in [0.15, 0.2) is 69.0 Å². The molecule has 0 saturated carbocycles. The van der Waals surface area contributed by atoms with Crippen LogP contribution in [0.25, 0.3) is 22.4 Å². The molecule has 0 atom stereocenters. The van der Waals surface area contributed by atoms with Crippen molar-refractivity contribution < 1.29 is 9.21 Å². The van der Waals surface area contributed by atoms with Crippen molar-refractivity contribution in [2.45, 2.75) is 12.1 Å². The molecule has 28 heavy (non-hydrogen) atoms. The first-order valence-electron chi connectivity index (χ1n) is 8.68. The largest absolute Gasteiger partial charge is 0.422 e. The molecule has 2 heterocycles. The molecule has 2 aromatic carbocycles. The van der Waals surface area contributed by atoms with Gasteiger partial charge in [0.25, 0.3) is 0 Å². The monoisotopic (exact) mass is 391 g/mol. The summed E-state index contributed by atoms with van der Waals surface area (Å²) in [6.07, 6.45) is 0. The molecule has 0 radical (unpaired) electrons. The van der Waals surface area contributed by atoms with Crippen LogP contribution in [-0.2, 0) is 7.05 Å². The van der Waals surface area contributed by atoms with Crippen molar-refractivity contribution in [3.8, 4) is 11.4 Å². The second kappa shape index (κ2) is 7.44. The molecule has 6 nitrogen and oxygen atoms in total. The van der Waals surface area contributed by atoms with E-state index in [0.717, 1.165) is 22.3 Å². The normalized spacial score (nSPS) is 11.1. The fourth-order valence-corrected chi connectivity index (χ4v) is 3.73. The van der Waals surface area contributed by atoms with Gasteiger partial charge in [0, 0.05) is 18.0 Å². The van der Waals surface area contributed by atoms with Crippen LogP contribution in [0.4, 0.5) is 0 Å². The van der Waals surface area contributed by atoms with Crippen LogP contribution < -0.4 is 5.63 Å². The minimum Gasteiger partial charge on any atom is -0.422 e. The Bertz CT molecular complexity index is 1240. The molecule has 0 unspecified atom stereocenters. The van der Waals surface area contributed by atoms with Crippen molar-refractivity contribution in [2.24, 2.45) is 7.05 Å². The number of carbonyl (C=O) groups is 1. The number of hydrogen-bond acceptors (Lipinski definition) is 6. The summed E-state index contributed by atoms with van der Waals surface area (Å²) in [5, 5.41) is 9.74. The Morgan fingerprint density at radius 3 is 2.75 bits per heavy atom. The first kappa shape index (κ1) is 18.2. The van der Waals surface area contributed by atoms with E-state index in [-0.39, 0.29) is 17.1 Å². The maximum Gasteiger partial charge on any atom is 0.347 e. The minimum atomic E-state index is -0.622. The first-order chi connectivity index (χ1) is 13.5. The molecule has 0 N–H and O–H groups in total. The van der Waals surface area contributed by atoms with Crippen LogP contribution in [0.5, 0.6) is 0 Å². The van der Waals surface area contributed by atoms with Crippen molar-refractivity contribution in [3.05, 3.63) is 76.1 Å². The molecule has 0 spiro atoms. The molecule has 4 rings (SSSR count). The zero-order valence-corrected chi connectivity index (χ0v) is 16.2. The number of aromatic nitrogens is 3. The number of carbonyl (C=O) groups excluding carboxylic acids is 1. The third-order valence-electron chi connectivity index (χ3n) is 4.39. The van der Waals surface area contributed by atoms with Gasteiger partial charge in [0.05, 0.1) is 5.75 Å². The van der Waals surface area contributed by atoms with Gasteiger partial charge >= 0.3 is 5.63 Å². The van der Waals surface area contributed by atoms with Crippen LogP contribution >= 0.6 is 11.8 Å². The van der Waals surface area contributed by atoms with E-state index in [9.17, 15) is 9.59 Å². The third kappa shape index (κ3) is 3.48. The average Bonchev–Trinajstić information content (AvgIpc) is 3.06. The molecule has 0 saturated heterocycles. The van der Waals surface area contributed by atoms with Gasteiger partial charge in [-0.2, -0.15) is 0 Å². The summed E-state index contributed by atoms with van der Waals surface area (Å²) in [4.78, 5) is 24.7. The van der Waals surface area contributed by atoms with Gasteiger partial charge in [0.2, 0.25) is 0 Å². The molecular weight excluding hydrogens is 374 g/mol. The number of aryl methyl sites for hydroxylation is 1. The quantitative estimate of drug-likeness (QED) is 0.292. The zero-order chi connectivity index (χ0) is 19.7. The number of para-hydroxylation sites is 1. The van der Waals surface area contributed by atoms with Crippen LogP contribution in [0.2, 0.25) is 0 Å². The van der Waals surface area contributed by atoms with Crippen molar-refractivity contribution in [1.29, 1.82) is 0 Å². The maximum atomic E-state index is 12.6. The summed E-state index contributed by atoms with van der Waals surface area (Å²) >= 11 is 1.24. The lowest BCUT2D eigenvalue weighted by Crippen LogP contribution is -2.15. The minimum absolute atomic E-state index is 0.0484. The molecule has 0 aliphatic heterocycles. The van der Waals surface area contributed by atoms with Gasteiger partial charge in [-0.05, 0) is 25.1 Å². The first-order valence-corrected chi connectivity index (χ1v) is 9.67. The average molecular weight is 391 g/mol. The number of Topliss-reactive ketones (excluding diaryl/α,β-unsaturated/α-hetero) is 1. The van der Waals surface area contributed by atoms with E-state index < -0.39 is 5.63 Å². The molecular formula is C21H17N3O3S. The van der Waals surface area contributed by atoms with Crippen molar-refractivity contribution in [1.82, 2.24) is 14.8 Å². The molecule has 2 aromatic heterocycles. The van der Waals surface area contributed by atoms with Crippen LogP contribution in [-0.4, -0.2) is 26.3 Å². The zero-order valence-electron chi connectivity index (χ0n) is 15.4. The van der Waals surface area contributed by atoms with E-state index in [4.69, 9.17) is 4.42 Å². The summed E-state index contributed by atoms with van der Waals surface area (Å²) in [6.45, 7) is 2.02. The van der Waals surface area contributed by atoms with Gasteiger partial charge in [0.15, 0.2) is 16.8 Å². The van der Waals surface area contributed by atoms with Crippen LogP contribution in [0.3, 0.4) is 0 Å². The fourth-order valence-electron chi connectivity index (χ4n) is 2.94. The van der Waals surface area contributed by atoms with Gasteiger partial charge < -0.3 is 8.98 Å². The number of hydrogen-bond donors (Lipinski definition) is 0. The number of nitrogens with zero attached hydrogens (tertiary/aromatic N) is 3. The maximum absolute atomic E-state index is 12.6. The highest BCUT2D eigenvalue weighted by atomic mass is 32.2. The second-order valence-electron chi connectivity index (χ2n) is 6.43. The van der Waals surface area contributed by atoms with E-state index in [1.54, 1.807) is 24.3 Å². The summed E-state index contributed by atoms with van der Waals surface area (Å²) in [5.41, 5.74) is 1.99. The molecule has 0 bridgehead atoms. The predicted octanol–water partition coefficient (Wildman–Crippen LogP) is 3.87. The van der Waals surface area contributed by atoms with Gasteiger partial charge in [-0.25, -0.2) is 4.79 Å². The van der Waals surface area contributed by atoms with Crippen molar-refractivity contribution in [2.75, 3.05) is 5.75 Å². The number of ketones is 1. The van der Waals surface area contributed by atoms with Gasteiger partial charge in [-0.3, -0.25) is 4.79 Å². The Morgan fingerprint density at radius 1 is 1.11 bits per heavy atom. The predicted molar refractivity (Wildman–Crippen MR) is 109 cm³/mol.